The number of unbranched alkanes of at least 4 members (excludes halogenated alkanes) is 1. The first-order valence-electron chi connectivity index (χ1n) is 36.9. The van der Waals surface area contributed by atoms with Crippen LogP contribution in [0.2, 0.25) is 0 Å². The normalized spacial score (nSPS) is 18.5. The molecule has 0 aromatic heterocycles. The van der Waals surface area contributed by atoms with Crippen molar-refractivity contribution in [2.75, 3.05) is 214 Å². The molecule has 46 heteroatoms. The molecule has 0 radical (unpaired) electrons. The van der Waals surface area contributed by atoms with E-state index < -0.39 is 163 Å². The molecule has 1 aliphatic heterocycles. The number of nitrogens with two attached hydrogens (primary N) is 3. The Morgan fingerprint density at radius 2 is 0.886 bits per heavy atom. The molecular formula is C68H115N17O26S3. The molecule has 646 valence electrons. The zero-order chi connectivity index (χ0) is 83.8. The molecule has 0 aliphatic carbocycles. The predicted octanol–water partition coefficient (Wildman–Crippen LogP) is -9.26. The van der Waals surface area contributed by atoms with Gasteiger partial charge in [0.25, 0.3) is 0 Å². The minimum atomic E-state index is -1.87. The molecule has 1 saturated heterocycles. The number of carbonyl (C=O) groups excluding carboxylic acids is 13. The molecule has 1 aromatic carbocycles. The summed E-state index contributed by atoms with van der Waals surface area (Å²) in [5.41, 5.74) is 16.9. The second kappa shape index (κ2) is 65.9. The Morgan fingerprint density at radius 3 is 1.38 bits per heavy atom. The van der Waals surface area contributed by atoms with Gasteiger partial charge in [0.05, 0.1) is 131 Å². The van der Waals surface area contributed by atoms with Crippen LogP contribution in [0, 0.1) is 0 Å². The summed E-state index contributed by atoms with van der Waals surface area (Å²) in [7, 11) is 0. The number of carbonyl (C=O) groups is 14. The van der Waals surface area contributed by atoms with Crippen molar-refractivity contribution < 1.29 is 125 Å². The number of hydrogen-bond acceptors (Lipinski definition) is 30. The van der Waals surface area contributed by atoms with Crippen molar-refractivity contribution in [3.63, 3.8) is 0 Å². The minimum Gasteiger partial charge on any atom is -0.481 e. The molecule has 1 unspecified atom stereocenters. The quantitative estimate of drug-likeness (QED) is 0.0125. The maximum absolute atomic E-state index is 14.5. The van der Waals surface area contributed by atoms with E-state index in [1.807, 2.05) is 0 Å². The van der Waals surface area contributed by atoms with E-state index in [0.717, 1.165) is 11.8 Å². The van der Waals surface area contributed by atoms with Crippen LogP contribution in [0.25, 0.3) is 0 Å². The molecule has 1 aromatic rings. The summed E-state index contributed by atoms with van der Waals surface area (Å²) in [6, 6.07) is -2.43. The van der Waals surface area contributed by atoms with E-state index in [4.69, 9.17) is 69.7 Å². The monoisotopic (exact) mass is 1680 g/mol. The standard InChI is InChI=1S/C68H115N17O26S3/c69-11-18-110-39-56(89)74-15-20-103-24-27-106-30-26-105-22-17-76-62(96)53-44-114-45-59(92)79-48(9-4-5-12-72-57(90)40-111-41-58(91)75-16-21-104-25-29-108-32-34-109-33-31-107-28-23-102-19-14-73-55(88)38-86)63(97)83-51(42-112)66(100)81-47(10-6-13-77-68(70)71)61(95)78-37-54(87)80-50(36-60(93)94)65(99)84-52(43-113)67(101)82-49(64(98)85-53)35-46-7-2-1-3-8-46/h1-3,7-8,47-53,86,112-113H,4-6,9-45,69H2,(H,72,90)(H,73,88)(H,74,89)(H,75,91)(H,76,96)(H,78,95)(H,79,92)(H,80,87)(H,81,100)(H,82,101)(H,83,97)(H,84,99)(H,85,98)(H,93,94)(H4,70,71,77)/t47-,48-,49-,50-,51-,52-,53?/m0/s1. The number of guanidine groups is 1. The summed E-state index contributed by atoms with van der Waals surface area (Å²) in [5, 5.41) is 51.3. The Morgan fingerprint density at radius 1 is 0.465 bits per heavy atom. The highest BCUT2D eigenvalue weighted by Gasteiger charge is 2.34. The van der Waals surface area contributed by atoms with Crippen LogP contribution >= 0.6 is 37.0 Å². The molecule has 0 spiro atoms. The maximum atomic E-state index is 14.5. The summed E-state index contributed by atoms with van der Waals surface area (Å²) in [6.07, 6.45) is -1.05. The number of carboxylic acid groups (broad SMARTS) is 1. The number of aliphatic hydroxyl groups is 1. The number of thiol groups is 2. The third-order valence-electron chi connectivity index (χ3n) is 15.2. The fourth-order valence-corrected chi connectivity index (χ4v) is 10.9. The minimum absolute atomic E-state index is 0.0290. The van der Waals surface area contributed by atoms with Gasteiger partial charge in [-0.3, -0.25) is 72.1 Å². The highest BCUT2D eigenvalue weighted by Crippen LogP contribution is 2.11. The maximum Gasteiger partial charge on any atom is 0.305 e. The smallest absolute Gasteiger partial charge is 0.305 e. The number of hydrogen-bond donors (Lipinski definition) is 20. The van der Waals surface area contributed by atoms with Crippen LogP contribution in [0.4, 0.5) is 0 Å². The number of aliphatic hydroxyl groups excluding tert-OH is 1. The number of rotatable bonds is 55. The zero-order valence-electron chi connectivity index (χ0n) is 63.9. The van der Waals surface area contributed by atoms with E-state index in [9.17, 15) is 72.2 Å². The SMILES string of the molecule is NCCOCC(=O)NCCOCCOCCOCCNC(=O)C1CSCC(=O)N[C@@H](CCCCNC(=O)COCC(=O)NCCOCCOCCOCCOCCOCCNC(=O)CO)C(=O)N[C@@H](CS)C(=O)N[C@@H](CCCN=C(N)N)C(=O)NCC(=O)N[C@@H](CC(=O)O)C(=O)N[C@@H](CS)C(=O)N[C@@H](Cc2ccccc2)C(=O)N1. The van der Waals surface area contributed by atoms with Gasteiger partial charge < -0.3 is 144 Å². The second-order valence-corrected chi connectivity index (χ2v) is 26.2. The van der Waals surface area contributed by atoms with Crippen molar-refractivity contribution in [2.24, 2.45) is 22.2 Å². The van der Waals surface area contributed by atoms with Gasteiger partial charge in [-0.25, -0.2) is 0 Å². The van der Waals surface area contributed by atoms with Crippen LogP contribution in [0.1, 0.15) is 44.1 Å². The first-order valence-corrected chi connectivity index (χ1v) is 39.3. The number of amides is 13. The van der Waals surface area contributed by atoms with E-state index in [0.29, 0.717) is 45.2 Å². The number of nitrogens with zero attached hydrogens (tertiary/aromatic N) is 1. The Balaban J connectivity index is 2.26. The molecule has 7 atom stereocenters. The molecule has 43 nitrogen and oxygen atoms in total. The highest BCUT2D eigenvalue weighted by molar-refractivity contribution is 8.00. The van der Waals surface area contributed by atoms with E-state index in [1.165, 1.54) is 0 Å². The third kappa shape index (κ3) is 52.2. The fraction of sp³-hybridized carbons (Fsp3) is 0.691. The zero-order valence-corrected chi connectivity index (χ0v) is 66.5. The second-order valence-electron chi connectivity index (χ2n) is 24.5. The molecule has 114 heavy (non-hydrogen) atoms. The predicted molar refractivity (Wildman–Crippen MR) is 417 cm³/mol. The van der Waals surface area contributed by atoms with E-state index in [2.05, 4.69) is 99.4 Å². The number of nitrogens with one attached hydrogen (secondary N) is 13. The van der Waals surface area contributed by atoms with E-state index in [-0.39, 0.29) is 187 Å². The van der Waals surface area contributed by atoms with Crippen molar-refractivity contribution in [1.82, 2.24) is 69.1 Å². The molecule has 0 bridgehead atoms. The Labute approximate surface area is 676 Å². The number of carboxylic acids is 1. The molecule has 1 heterocycles. The number of thioether (sulfide) groups is 1. The highest BCUT2D eigenvalue weighted by atomic mass is 32.2. The lowest BCUT2D eigenvalue weighted by atomic mass is 10.0. The van der Waals surface area contributed by atoms with Crippen LogP contribution in [-0.2, 0) is 121 Å². The van der Waals surface area contributed by atoms with Gasteiger partial charge in [0.15, 0.2) is 5.96 Å². The van der Waals surface area contributed by atoms with Gasteiger partial charge in [-0.1, -0.05) is 30.3 Å². The van der Waals surface area contributed by atoms with Crippen molar-refractivity contribution in [3.05, 3.63) is 35.9 Å². The molecule has 0 saturated carbocycles. The lowest BCUT2D eigenvalue weighted by Gasteiger charge is -2.26. The van der Waals surface area contributed by atoms with Gasteiger partial charge in [0, 0.05) is 69.5 Å². The van der Waals surface area contributed by atoms with E-state index >= 15 is 0 Å². The summed E-state index contributed by atoms with van der Waals surface area (Å²) in [6.45, 7) is 2.43. The number of aliphatic imine (C=N–C) groups is 1. The summed E-state index contributed by atoms with van der Waals surface area (Å²) < 4.78 is 54.0. The first kappa shape index (κ1) is 102. The van der Waals surface area contributed by atoms with Crippen molar-refractivity contribution in [2.45, 2.75) is 87.2 Å². The van der Waals surface area contributed by atoms with E-state index in [1.54, 1.807) is 30.3 Å². The number of aliphatic carboxylic acids is 1. The molecule has 21 N–H and O–H groups in total. The molecule has 13 amide bonds. The molecule has 1 aliphatic rings. The lowest BCUT2D eigenvalue weighted by Crippen LogP contribution is -2.60. The lowest BCUT2D eigenvalue weighted by molar-refractivity contribution is -0.141. The largest absolute Gasteiger partial charge is 0.481 e. The van der Waals surface area contributed by atoms with Crippen molar-refractivity contribution >= 4 is 126 Å². The number of ether oxygens (including phenoxy) is 10. The first-order chi connectivity index (χ1) is 55.0. The Kier molecular flexibility index (Phi) is 58.8. The van der Waals surface area contributed by atoms with Gasteiger partial charge in [0.2, 0.25) is 76.8 Å². The van der Waals surface area contributed by atoms with Crippen LogP contribution in [0.15, 0.2) is 35.3 Å². The summed E-state index contributed by atoms with van der Waals surface area (Å²) in [5.74, 6) is -13.9. The van der Waals surface area contributed by atoms with Gasteiger partial charge in [-0.15, -0.1) is 11.8 Å². The van der Waals surface area contributed by atoms with Crippen LogP contribution in [-0.4, -0.2) is 355 Å². The fourth-order valence-electron chi connectivity index (χ4n) is 9.53. The van der Waals surface area contributed by atoms with Gasteiger partial charge in [-0.05, 0) is 37.7 Å². The van der Waals surface area contributed by atoms with Crippen LogP contribution in [0.3, 0.4) is 0 Å². The average molecular weight is 1680 g/mol. The molecular weight excluding hydrogens is 1570 g/mol. The average Bonchev–Trinajstić information content (AvgIpc) is 0.885. The Bertz CT molecular complexity index is 3050. The van der Waals surface area contributed by atoms with Gasteiger partial charge >= 0.3 is 5.97 Å². The van der Waals surface area contributed by atoms with Crippen LogP contribution in [0.5, 0.6) is 0 Å². The van der Waals surface area contributed by atoms with Crippen molar-refractivity contribution in [3.8, 4) is 0 Å². The van der Waals surface area contributed by atoms with Gasteiger partial charge in [-0.2, -0.15) is 25.3 Å². The van der Waals surface area contributed by atoms with Crippen molar-refractivity contribution in [1.29, 1.82) is 0 Å². The Hall–Kier alpha value is -8.36. The molecule has 1 fully saturated rings. The van der Waals surface area contributed by atoms with Crippen LogP contribution < -0.4 is 86.3 Å². The topological polar surface area (TPSA) is 619 Å². The van der Waals surface area contributed by atoms with Gasteiger partial charge in [0.1, 0.15) is 68.7 Å². The third-order valence-corrected chi connectivity index (χ3v) is 17.0. The summed E-state index contributed by atoms with van der Waals surface area (Å²) in [4.78, 5) is 190. The number of benzene rings is 1. The summed E-state index contributed by atoms with van der Waals surface area (Å²) >= 11 is 9.38. The molecule has 2 rings (SSSR count).